The van der Waals surface area contributed by atoms with Gasteiger partial charge >= 0.3 is 0 Å². The number of primary amides is 1. The summed E-state index contributed by atoms with van der Waals surface area (Å²) in [6.07, 6.45) is 1.07. The molecule has 3 rings (SSSR count). The summed E-state index contributed by atoms with van der Waals surface area (Å²) in [5.74, 6) is -0.177. The van der Waals surface area contributed by atoms with Gasteiger partial charge in [-0.3, -0.25) is 14.5 Å². The van der Waals surface area contributed by atoms with E-state index in [1.54, 1.807) is 0 Å². The van der Waals surface area contributed by atoms with Gasteiger partial charge in [-0.2, -0.15) is 0 Å². The minimum Gasteiger partial charge on any atom is -0.379 e. The quantitative estimate of drug-likeness (QED) is 0.869. The van der Waals surface area contributed by atoms with Crippen LogP contribution in [0.25, 0.3) is 0 Å². The molecule has 0 saturated carbocycles. The molecule has 136 valence electrons. The Hall–Kier alpha value is -1.92. The van der Waals surface area contributed by atoms with E-state index in [1.165, 1.54) is 5.56 Å². The predicted octanol–water partition coefficient (Wildman–Crippen LogP) is 0.635. The number of amides is 2. The Bertz CT molecular complexity index is 660. The molecule has 1 aromatic rings. The van der Waals surface area contributed by atoms with Crippen molar-refractivity contribution in [3.8, 4) is 0 Å². The van der Waals surface area contributed by atoms with Crippen molar-refractivity contribution in [2.45, 2.75) is 32.2 Å². The molecule has 0 spiro atoms. The van der Waals surface area contributed by atoms with Crippen molar-refractivity contribution in [2.75, 3.05) is 39.4 Å². The molecule has 2 aliphatic heterocycles. The van der Waals surface area contributed by atoms with E-state index in [4.69, 9.17) is 10.5 Å². The zero-order valence-electron chi connectivity index (χ0n) is 15.1. The van der Waals surface area contributed by atoms with Gasteiger partial charge in [-0.25, -0.2) is 0 Å². The molecular weight excluding hydrogens is 318 g/mol. The van der Waals surface area contributed by atoms with E-state index in [0.717, 1.165) is 11.1 Å². The van der Waals surface area contributed by atoms with Crippen LogP contribution in [0, 0.1) is 13.8 Å². The lowest BCUT2D eigenvalue weighted by Crippen LogP contribution is -2.63. The number of rotatable bonds is 4. The molecular formula is C19H27N3O3. The van der Waals surface area contributed by atoms with E-state index >= 15 is 0 Å². The van der Waals surface area contributed by atoms with Gasteiger partial charge in [-0.15, -0.1) is 0 Å². The fraction of sp³-hybridized carbons (Fsp3) is 0.579. The third kappa shape index (κ3) is 3.55. The van der Waals surface area contributed by atoms with Gasteiger partial charge in [0.2, 0.25) is 11.8 Å². The molecule has 0 radical (unpaired) electrons. The number of benzene rings is 1. The predicted molar refractivity (Wildman–Crippen MR) is 95.1 cm³/mol. The van der Waals surface area contributed by atoms with Gasteiger partial charge in [0.1, 0.15) is 5.54 Å². The van der Waals surface area contributed by atoms with E-state index in [2.05, 4.69) is 23.1 Å². The molecule has 2 N–H and O–H groups in total. The van der Waals surface area contributed by atoms with Crippen molar-refractivity contribution in [1.82, 2.24) is 9.80 Å². The Morgan fingerprint density at radius 1 is 1.20 bits per heavy atom. The molecule has 25 heavy (non-hydrogen) atoms. The van der Waals surface area contributed by atoms with Crippen molar-refractivity contribution in [2.24, 2.45) is 5.73 Å². The third-order valence-corrected chi connectivity index (χ3v) is 5.54. The average Bonchev–Trinajstić information content (AvgIpc) is 3.09. The van der Waals surface area contributed by atoms with Crippen LogP contribution in [-0.4, -0.2) is 66.5 Å². The summed E-state index contributed by atoms with van der Waals surface area (Å²) in [7, 11) is 0. The van der Waals surface area contributed by atoms with Gasteiger partial charge in [0.15, 0.2) is 0 Å². The summed E-state index contributed by atoms with van der Waals surface area (Å²) >= 11 is 0. The van der Waals surface area contributed by atoms with Gasteiger partial charge < -0.3 is 15.4 Å². The Morgan fingerprint density at radius 2 is 1.92 bits per heavy atom. The highest BCUT2D eigenvalue weighted by Gasteiger charge is 2.47. The van der Waals surface area contributed by atoms with E-state index in [1.807, 2.05) is 18.7 Å². The van der Waals surface area contributed by atoms with E-state index in [0.29, 0.717) is 52.2 Å². The lowest BCUT2D eigenvalue weighted by Gasteiger charge is -2.43. The minimum atomic E-state index is -0.692. The first kappa shape index (κ1) is 17.9. The van der Waals surface area contributed by atoms with Crippen LogP contribution in [0.3, 0.4) is 0 Å². The SMILES string of the molecule is Cc1ccc(C)c(CC(=O)N2CCN(C3(C(N)=O)CCOC3)CC2)c1. The smallest absolute Gasteiger partial charge is 0.240 e. The Kier molecular flexibility index (Phi) is 5.11. The lowest BCUT2D eigenvalue weighted by atomic mass is 9.94. The standard InChI is InChI=1S/C19H27N3O3/c1-14-3-4-15(2)16(11-14)12-17(23)21-6-8-22(9-7-21)19(18(20)24)5-10-25-13-19/h3-4,11H,5-10,12-13H2,1-2H3,(H2,20,24). The van der Waals surface area contributed by atoms with Crippen LogP contribution in [0.2, 0.25) is 0 Å². The zero-order chi connectivity index (χ0) is 18.0. The molecule has 6 heteroatoms. The summed E-state index contributed by atoms with van der Waals surface area (Å²) in [5.41, 5.74) is 8.36. The van der Waals surface area contributed by atoms with E-state index < -0.39 is 5.54 Å². The van der Waals surface area contributed by atoms with Crippen LogP contribution in [0.1, 0.15) is 23.1 Å². The van der Waals surface area contributed by atoms with Crippen molar-refractivity contribution in [1.29, 1.82) is 0 Å². The summed E-state index contributed by atoms with van der Waals surface area (Å²) in [4.78, 5) is 28.6. The normalized spacial score (nSPS) is 24.5. The van der Waals surface area contributed by atoms with Gasteiger partial charge in [-0.05, 0) is 25.0 Å². The number of hydrogen-bond acceptors (Lipinski definition) is 4. The summed E-state index contributed by atoms with van der Waals surface area (Å²) in [5, 5.41) is 0. The van der Waals surface area contributed by atoms with E-state index in [-0.39, 0.29) is 11.8 Å². The topological polar surface area (TPSA) is 75.9 Å². The highest BCUT2D eigenvalue weighted by molar-refractivity contribution is 5.85. The van der Waals surface area contributed by atoms with Crippen LogP contribution in [0.4, 0.5) is 0 Å². The fourth-order valence-electron chi connectivity index (χ4n) is 3.80. The Morgan fingerprint density at radius 3 is 2.52 bits per heavy atom. The number of nitrogens with two attached hydrogens (primary N) is 1. The number of aryl methyl sites for hydroxylation is 2. The molecule has 1 atom stereocenters. The summed E-state index contributed by atoms with van der Waals surface area (Å²) < 4.78 is 5.43. The number of piperazine rings is 1. The third-order valence-electron chi connectivity index (χ3n) is 5.54. The average molecular weight is 345 g/mol. The molecule has 0 aromatic heterocycles. The molecule has 1 aromatic carbocycles. The van der Waals surface area contributed by atoms with Crippen molar-refractivity contribution in [3.05, 3.63) is 34.9 Å². The molecule has 2 heterocycles. The van der Waals surface area contributed by atoms with E-state index in [9.17, 15) is 9.59 Å². The molecule has 6 nitrogen and oxygen atoms in total. The number of carbonyl (C=O) groups excluding carboxylic acids is 2. The molecule has 0 aliphatic carbocycles. The second-order valence-corrected chi connectivity index (χ2v) is 7.17. The summed E-state index contributed by atoms with van der Waals surface area (Å²) in [6.45, 7) is 7.57. The fourth-order valence-corrected chi connectivity index (χ4v) is 3.80. The Labute approximate surface area is 148 Å². The van der Waals surface area contributed by atoms with Gasteiger partial charge in [0, 0.05) is 39.2 Å². The highest BCUT2D eigenvalue weighted by atomic mass is 16.5. The first-order chi connectivity index (χ1) is 11.9. The molecule has 1 unspecified atom stereocenters. The lowest BCUT2D eigenvalue weighted by molar-refractivity contribution is -0.137. The summed E-state index contributed by atoms with van der Waals surface area (Å²) in [6, 6.07) is 6.21. The van der Waals surface area contributed by atoms with Crippen molar-refractivity contribution in [3.63, 3.8) is 0 Å². The van der Waals surface area contributed by atoms with Crippen LogP contribution in [-0.2, 0) is 20.7 Å². The number of ether oxygens (including phenoxy) is 1. The van der Waals surface area contributed by atoms with Crippen LogP contribution >= 0.6 is 0 Å². The van der Waals surface area contributed by atoms with Crippen LogP contribution < -0.4 is 5.73 Å². The van der Waals surface area contributed by atoms with Gasteiger partial charge in [0.25, 0.3) is 0 Å². The monoisotopic (exact) mass is 345 g/mol. The van der Waals surface area contributed by atoms with Crippen molar-refractivity contribution >= 4 is 11.8 Å². The number of hydrogen-bond donors (Lipinski definition) is 1. The maximum absolute atomic E-state index is 12.7. The number of carbonyl (C=O) groups is 2. The maximum Gasteiger partial charge on any atom is 0.240 e. The molecule has 0 bridgehead atoms. The van der Waals surface area contributed by atoms with Crippen molar-refractivity contribution < 1.29 is 14.3 Å². The van der Waals surface area contributed by atoms with Crippen LogP contribution in [0.15, 0.2) is 18.2 Å². The first-order valence-corrected chi connectivity index (χ1v) is 8.89. The van der Waals surface area contributed by atoms with Gasteiger partial charge in [-0.1, -0.05) is 23.8 Å². The second-order valence-electron chi connectivity index (χ2n) is 7.17. The molecule has 2 fully saturated rings. The largest absolute Gasteiger partial charge is 0.379 e. The van der Waals surface area contributed by atoms with Crippen LogP contribution in [0.5, 0.6) is 0 Å². The second kappa shape index (κ2) is 7.14. The maximum atomic E-state index is 12.7. The molecule has 2 aliphatic rings. The Balaban J connectivity index is 1.61. The number of nitrogens with zero attached hydrogens (tertiary/aromatic N) is 2. The molecule has 2 saturated heterocycles. The minimum absolute atomic E-state index is 0.143. The molecule has 2 amide bonds. The first-order valence-electron chi connectivity index (χ1n) is 8.89. The zero-order valence-corrected chi connectivity index (χ0v) is 15.1. The highest BCUT2D eigenvalue weighted by Crippen LogP contribution is 2.27. The van der Waals surface area contributed by atoms with Gasteiger partial charge in [0.05, 0.1) is 13.0 Å².